The molecular formula is C14H14BrFN2O2S. The lowest BCUT2D eigenvalue weighted by molar-refractivity contribution is 0.591. The van der Waals surface area contributed by atoms with Gasteiger partial charge in [-0.1, -0.05) is 15.9 Å². The fourth-order valence-corrected chi connectivity index (χ4v) is 3.46. The molecule has 7 heteroatoms. The van der Waals surface area contributed by atoms with Gasteiger partial charge in [-0.25, -0.2) is 12.8 Å². The molecule has 2 aromatic carbocycles. The number of hydrogen-bond donors (Lipinski definition) is 2. The SMILES string of the molecule is Cc1cc(NS(=O)(=O)c2cc(N)cc(F)c2C)ccc1Br. The first-order valence-electron chi connectivity index (χ1n) is 6.05. The van der Waals surface area contributed by atoms with Gasteiger partial charge in [0.2, 0.25) is 0 Å². The first kappa shape index (κ1) is 15.8. The van der Waals surface area contributed by atoms with Gasteiger partial charge < -0.3 is 5.73 Å². The number of nitrogen functional groups attached to an aromatic ring is 1. The second-order valence-corrected chi connectivity index (χ2v) is 7.20. The number of hydrogen-bond acceptors (Lipinski definition) is 3. The Bertz CT molecular complexity index is 807. The van der Waals surface area contributed by atoms with Crippen molar-refractivity contribution >= 4 is 37.3 Å². The molecule has 0 aliphatic carbocycles. The zero-order valence-corrected chi connectivity index (χ0v) is 13.8. The summed E-state index contributed by atoms with van der Waals surface area (Å²) >= 11 is 3.34. The Labute approximate surface area is 131 Å². The molecule has 2 rings (SSSR count). The lowest BCUT2D eigenvalue weighted by Crippen LogP contribution is -2.15. The quantitative estimate of drug-likeness (QED) is 0.808. The molecule has 0 aliphatic rings. The first-order valence-corrected chi connectivity index (χ1v) is 8.33. The van der Waals surface area contributed by atoms with Crippen molar-refractivity contribution in [3.63, 3.8) is 0 Å². The second-order valence-electron chi connectivity index (χ2n) is 4.70. The highest BCUT2D eigenvalue weighted by Crippen LogP contribution is 2.26. The summed E-state index contributed by atoms with van der Waals surface area (Å²) in [5.74, 6) is -0.651. The smallest absolute Gasteiger partial charge is 0.262 e. The number of nitrogens with one attached hydrogen (secondary N) is 1. The second kappa shape index (κ2) is 5.65. The Hall–Kier alpha value is -1.60. The average Bonchev–Trinajstić information content (AvgIpc) is 2.37. The fraction of sp³-hybridized carbons (Fsp3) is 0.143. The van der Waals surface area contributed by atoms with Crippen LogP contribution in [0.1, 0.15) is 11.1 Å². The molecule has 4 nitrogen and oxygen atoms in total. The van der Waals surface area contributed by atoms with Gasteiger partial charge in [-0.05, 0) is 49.7 Å². The van der Waals surface area contributed by atoms with Crippen LogP contribution in [0.3, 0.4) is 0 Å². The summed E-state index contributed by atoms with van der Waals surface area (Å²) in [6.45, 7) is 3.24. The van der Waals surface area contributed by atoms with Crippen molar-refractivity contribution in [2.75, 3.05) is 10.5 Å². The lowest BCUT2D eigenvalue weighted by atomic mass is 10.2. The van der Waals surface area contributed by atoms with Gasteiger partial charge in [0.05, 0.1) is 4.90 Å². The molecule has 0 atom stereocenters. The number of halogens is 2. The average molecular weight is 373 g/mol. The van der Waals surface area contributed by atoms with E-state index in [1.54, 1.807) is 18.2 Å². The highest BCUT2D eigenvalue weighted by molar-refractivity contribution is 9.10. The minimum atomic E-state index is -3.90. The van der Waals surface area contributed by atoms with Crippen LogP contribution in [0.15, 0.2) is 39.7 Å². The number of nitrogens with two attached hydrogens (primary N) is 1. The van der Waals surface area contributed by atoms with E-state index in [0.29, 0.717) is 5.69 Å². The standard InChI is InChI=1S/C14H14BrFN2O2S/c1-8-5-11(3-4-12(8)15)18-21(19,20)14-7-10(17)6-13(16)9(14)2/h3-7,18H,17H2,1-2H3. The number of aryl methyl sites for hydroxylation is 1. The Morgan fingerprint density at radius 1 is 1.19 bits per heavy atom. The van der Waals surface area contributed by atoms with E-state index in [9.17, 15) is 12.8 Å². The van der Waals surface area contributed by atoms with Gasteiger partial charge in [0.25, 0.3) is 10.0 Å². The maximum Gasteiger partial charge on any atom is 0.262 e. The minimum Gasteiger partial charge on any atom is -0.399 e. The van der Waals surface area contributed by atoms with Gasteiger partial charge >= 0.3 is 0 Å². The molecule has 0 saturated heterocycles. The molecule has 0 aliphatic heterocycles. The molecule has 0 radical (unpaired) electrons. The van der Waals surface area contributed by atoms with E-state index in [2.05, 4.69) is 20.7 Å². The van der Waals surface area contributed by atoms with E-state index in [0.717, 1.165) is 16.1 Å². The maximum atomic E-state index is 13.6. The predicted octanol–water partition coefficient (Wildman–Crippen LogP) is 3.59. The Balaban J connectivity index is 2.45. The molecular weight excluding hydrogens is 359 g/mol. The predicted molar refractivity (Wildman–Crippen MR) is 85.2 cm³/mol. The third-order valence-electron chi connectivity index (χ3n) is 3.02. The third-order valence-corrected chi connectivity index (χ3v) is 5.42. The van der Waals surface area contributed by atoms with Crippen LogP contribution in [-0.2, 0) is 10.0 Å². The molecule has 112 valence electrons. The summed E-state index contributed by atoms with van der Waals surface area (Å²) in [4.78, 5) is -0.166. The van der Waals surface area contributed by atoms with Gasteiger partial charge in [0.1, 0.15) is 5.82 Å². The van der Waals surface area contributed by atoms with Gasteiger partial charge in [0.15, 0.2) is 0 Å². The largest absolute Gasteiger partial charge is 0.399 e. The zero-order chi connectivity index (χ0) is 15.8. The van der Waals surface area contributed by atoms with Gasteiger partial charge in [-0.15, -0.1) is 0 Å². The van der Waals surface area contributed by atoms with Crippen LogP contribution in [0.2, 0.25) is 0 Å². The molecule has 2 aromatic rings. The van der Waals surface area contributed by atoms with Crippen LogP contribution in [0, 0.1) is 19.7 Å². The fourth-order valence-electron chi connectivity index (χ4n) is 1.87. The maximum absolute atomic E-state index is 13.6. The molecule has 0 amide bonds. The number of benzene rings is 2. The molecule has 0 unspecified atom stereocenters. The first-order chi connectivity index (χ1) is 9.70. The van der Waals surface area contributed by atoms with Crippen molar-refractivity contribution < 1.29 is 12.8 Å². The number of anilines is 2. The third kappa shape index (κ3) is 3.36. The minimum absolute atomic E-state index is 0.0329. The van der Waals surface area contributed by atoms with Gasteiger partial charge in [0, 0.05) is 21.4 Å². The molecule has 0 bridgehead atoms. The van der Waals surface area contributed by atoms with Gasteiger partial charge in [-0.2, -0.15) is 0 Å². The van der Waals surface area contributed by atoms with Crippen molar-refractivity contribution in [2.45, 2.75) is 18.7 Å². The Kier molecular flexibility index (Phi) is 4.25. The molecule has 0 heterocycles. The van der Waals surface area contributed by atoms with Crippen molar-refractivity contribution in [3.05, 3.63) is 51.7 Å². The van der Waals surface area contributed by atoms with Crippen LogP contribution in [-0.4, -0.2) is 8.42 Å². The van der Waals surface area contributed by atoms with E-state index in [-0.39, 0.29) is 16.1 Å². The molecule has 0 fully saturated rings. The van der Waals surface area contributed by atoms with Crippen LogP contribution in [0.25, 0.3) is 0 Å². The van der Waals surface area contributed by atoms with E-state index in [1.165, 1.54) is 13.0 Å². The van der Waals surface area contributed by atoms with E-state index in [1.807, 2.05) is 6.92 Å². The van der Waals surface area contributed by atoms with Crippen LogP contribution >= 0.6 is 15.9 Å². The molecule has 0 saturated carbocycles. The molecule has 21 heavy (non-hydrogen) atoms. The lowest BCUT2D eigenvalue weighted by Gasteiger charge is -2.12. The van der Waals surface area contributed by atoms with Crippen molar-refractivity contribution in [1.82, 2.24) is 0 Å². The normalized spacial score (nSPS) is 11.4. The summed E-state index contributed by atoms with van der Waals surface area (Å²) in [7, 11) is -3.90. The Morgan fingerprint density at radius 2 is 1.86 bits per heavy atom. The molecule has 0 aromatic heterocycles. The summed E-state index contributed by atoms with van der Waals surface area (Å²) < 4.78 is 41.7. The van der Waals surface area contributed by atoms with Gasteiger partial charge in [-0.3, -0.25) is 4.72 Å². The zero-order valence-electron chi connectivity index (χ0n) is 11.4. The van der Waals surface area contributed by atoms with E-state index < -0.39 is 15.8 Å². The van der Waals surface area contributed by atoms with Crippen molar-refractivity contribution in [1.29, 1.82) is 0 Å². The summed E-state index contributed by atoms with van der Waals surface area (Å²) in [5.41, 5.74) is 6.90. The summed E-state index contributed by atoms with van der Waals surface area (Å²) in [6.07, 6.45) is 0. The topological polar surface area (TPSA) is 72.2 Å². The highest BCUT2D eigenvalue weighted by Gasteiger charge is 2.20. The van der Waals surface area contributed by atoms with E-state index >= 15 is 0 Å². The monoisotopic (exact) mass is 372 g/mol. The Morgan fingerprint density at radius 3 is 2.48 bits per heavy atom. The highest BCUT2D eigenvalue weighted by atomic mass is 79.9. The van der Waals surface area contributed by atoms with E-state index in [4.69, 9.17) is 5.73 Å². The molecule has 3 N–H and O–H groups in total. The van der Waals surface area contributed by atoms with Crippen LogP contribution in [0.5, 0.6) is 0 Å². The van der Waals surface area contributed by atoms with Crippen molar-refractivity contribution in [2.24, 2.45) is 0 Å². The van der Waals surface area contributed by atoms with Crippen LogP contribution < -0.4 is 10.5 Å². The summed E-state index contributed by atoms with van der Waals surface area (Å²) in [6, 6.07) is 7.37. The number of sulfonamides is 1. The molecule has 0 spiro atoms. The van der Waals surface area contributed by atoms with Crippen molar-refractivity contribution in [3.8, 4) is 0 Å². The van der Waals surface area contributed by atoms with Crippen LogP contribution in [0.4, 0.5) is 15.8 Å². The summed E-state index contributed by atoms with van der Waals surface area (Å²) in [5, 5.41) is 0. The number of rotatable bonds is 3.